The number of benzene rings is 1. The van der Waals surface area contributed by atoms with Crippen LogP contribution in [0.5, 0.6) is 5.75 Å². The van der Waals surface area contributed by atoms with Crippen LogP contribution in [0.3, 0.4) is 0 Å². The Morgan fingerprint density at radius 3 is 2.76 bits per heavy atom. The summed E-state index contributed by atoms with van der Waals surface area (Å²) in [6, 6.07) is 6.83. The van der Waals surface area contributed by atoms with Crippen molar-refractivity contribution >= 4 is 17.6 Å². The summed E-state index contributed by atoms with van der Waals surface area (Å²) >= 11 is 0. The summed E-state index contributed by atoms with van der Waals surface area (Å²) in [5.74, 6) is 0.156. The van der Waals surface area contributed by atoms with Crippen molar-refractivity contribution in [2.24, 2.45) is 5.92 Å². The van der Waals surface area contributed by atoms with Gasteiger partial charge in [-0.25, -0.2) is 4.79 Å². The van der Waals surface area contributed by atoms with Gasteiger partial charge in [0, 0.05) is 6.54 Å². The molecule has 1 aliphatic heterocycles. The Morgan fingerprint density at radius 1 is 1.35 bits per heavy atom. The highest BCUT2D eigenvalue weighted by atomic mass is 16.5. The second-order valence-corrected chi connectivity index (χ2v) is 3.98. The van der Waals surface area contributed by atoms with Crippen LogP contribution in [-0.2, 0) is 4.79 Å². The van der Waals surface area contributed by atoms with Crippen LogP contribution in [0.15, 0.2) is 24.3 Å². The van der Waals surface area contributed by atoms with Crippen LogP contribution in [0.4, 0.5) is 10.5 Å². The molecule has 1 heterocycles. The molecule has 90 valence electrons. The fraction of sp³-hybridized carbons (Fsp3) is 0.333. The van der Waals surface area contributed by atoms with E-state index in [1.54, 1.807) is 26.2 Å². The number of imide groups is 1. The lowest BCUT2D eigenvalue weighted by molar-refractivity contribution is -0.123. The predicted molar refractivity (Wildman–Crippen MR) is 63.0 cm³/mol. The minimum Gasteiger partial charge on any atom is -0.495 e. The Labute approximate surface area is 99.4 Å². The van der Waals surface area contributed by atoms with Gasteiger partial charge >= 0.3 is 6.03 Å². The first-order chi connectivity index (χ1) is 8.13. The van der Waals surface area contributed by atoms with E-state index < -0.39 is 6.03 Å². The van der Waals surface area contributed by atoms with Crippen molar-refractivity contribution < 1.29 is 14.3 Å². The first kappa shape index (κ1) is 11.4. The van der Waals surface area contributed by atoms with E-state index in [2.05, 4.69) is 5.32 Å². The summed E-state index contributed by atoms with van der Waals surface area (Å²) in [7, 11) is 1.55. The molecule has 0 aromatic heterocycles. The Balaban J connectivity index is 2.33. The van der Waals surface area contributed by atoms with Gasteiger partial charge in [0.2, 0.25) is 5.91 Å². The molecule has 2 rings (SSSR count). The van der Waals surface area contributed by atoms with Crippen LogP contribution < -0.4 is 15.0 Å². The maximum Gasteiger partial charge on any atom is 0.328 e. The maximum absolute atomic E-state index is 11.8. The second kappa shape index (κ2) is 4.45. The molecule has 17 heavy (non-hydrogen) atoms. The van der Waals surface area contributed by atoms with Gasteiger partial charge in [0.25, 0.3) is 0 Å². The summed E-state index contributed by atoms with van der Waals surface area (Å²) in [6.45, 7) is 2.15. The molecule has 1 saturated heterocycles. The third kappa shape index (κ3) is 2.08. The molecule has 0 unspecified atom stereocenters. The van der Waals surface area contributed by atoms with Gasteiger partial charge in [0.05, 0.1) is 18.7 Å². The van der Waals surface area contributed by atoms with Gasteiger partial charge < -0.3 is 4.74 Å². The average molecular weight is 234 g/mol. The Kier molecular flexibility index (Phi) is 2.99. The van der Waals surface area contributed by atoms with E-state index in [9.17, 15) is 9.59 Å². The van der Waals surface area contributed by atoms with Gasteiger partial charge in [-0.05, 0) is 12.1 Å². The van der Waals surface area contributed by atoms with Crippen LogP contribution in [-0.4, -0.2) is 25.6 Å². The SMILES string of the molecule is COc1ccccc1N1C[C@@H](C)C(=O)NC1=O. The van der Waals surface area contributed by atoms with E-state index in [0.717, 1.165) is 0 Å². The van der Waals surface area contributed by atoms with Gasteiger partial charge in [0.15, 0.2) is 0 Å². The first-order valence-corrected chi connectivity index (χ1v) is 5.39. The molecule has 1 atom stereocenters. The third-order valence-electron chi connectivity index (χ3n) is 2.76. The van der Waals surface area contributed by atoms with Crippen LogP contribution in [0.1, 0.15) is 6.92 Å². The quantitative estimate of drug-likeness (QED) is 0.841. The highest BCUT2D eigenvalue weighted by molar-refractivity contribution is 6.07. The highest BCUT2D eigenvalue weighted by Gasteiger charge is 2.31. The fourth-order valence-corrected chi connectivity index (χ4v) is 1.80. The van der Waals surface area contributed by atoms with Gasteiger partial charge in [-0.2, -0.15) is 0 Å². The molecule has 0 radical (unpaired) electrons. The fourth-order valence-electron chi connectivity index (χ4n) is 1.80. The largest absolute Gasteiger partial charge is 0.495 e. The minimum absolute atomic E-state index is 0.224. The monoisotopic (exact) mass is 234 g/mol. The van der Waals surface area contributed by atoms with Crippen molar-refractivity contribution in [3.63, 3.8) is 0 Å². The number of hydrogen-bond donors (Lipinski definition) is 1. The Morgan fingerprint density at radius 2 is 2.06 bits per heavy atom. The van der Waals surface area contributed by atoms with Crippen molar-refractivity contribution in [3.8, 4) is 5.75 Å². The van der Waals surface area contributed by atoms with Crippen LogP contribution in [0.25, 0.3) is 0 Å². The zero-order chi connectivity index (χ0) is 12.4. The van der Waals surface area contributed by atoms with Gasteiger partial charge in [0.1, 0.15) is 5.75 Å². The molecule has 0 bridgehead atoms. The van der Waals surface area contributed by atoms with Gasteiger partial charge in [-0.1, -0.05) is 19.1 Å². The number of rotatable bonds is 2. The zero-order valence-electron chi connectivity index (χ0n) is 9.77. The van der Waals surface area contributed by atoms with E-state index in [-0.39, 0.29) is 11.8 Å². The molecule has 1 N–H and O–H groups in total. The average Bonchev–Trinajstić information content (AvgIpc) is 2.34. The summed E-state index contributed by atoms with van der Waals surface area (Å²) in [5, 5.41) is 2.32. The first-order valence-electron chi connectivity index (χ1n) is 5.39. The highest BCUT2D eigenvalue weighted by Crippen LogP contribution is 2.29. The van der Waals surface area contributed by atoms with Crippen LogP contribution in [0.2, 0.25) is 0 Å². The number of carbonyl (C=O) groups is 2. The number of para-hydroxylation sites is 2. The number of amides is 3. The van der Waals surface area contributed by atoms with E-state index in [4.69, 9.17) is 4.74 Å². The summed E-state index contributed by atoms with van der Waals surface area (Å²) in [6.07, 6.45) is 0. The molecule has 0 spiro atoms. The normalized spacial score (nSPS) is 20.1. The van der Waals surface area contributed by atoms with Gasteiger partial charge in [-0.15, -0.1) is 0 Å². The lowest BCUT2D eigenvalue weighted by Gasteiger charge is -2.31. The molecular formula is C12H14N2O3. The summed E-state index contributed by atoms with van der Waals surface area (Å²) in [4.78, 5) is 24.6. The molecule has 0 aliphatic carbocycles. The lowest BCUT2D eigenvalue weighted by Crippen LogP contribution is -2.54. The zero-order valence-corrected chi connectivity index (χ0v) is 9.77. The van der Waals surface area contributed by atoms with Crippen molar-refractivity contribution in [1.29, 1.82) is 0 Å². The van der Waals surface area contributed by atoms with Crippen molar-refractivity contribution in [2.75, 3.05) is 18.6 Å². The predicted octanol–water partition coefficient (Wildman–Crippen LogP) is 1.39. The number of nitrogens with one attached hydrogen (secondary N) is 1. The van der Waals surface area contributed by atoms with Crippen molar-refractivity contribution in [2.45, 2.75) is 6.92 Å². The van der Waals surface area contributed by atoms with Crippen LogP contribution in [0, 0.1) is 5.92 Å². The number of urea groups is 1. The van der Waals surface area contributed by atoms with Crippen molar-refractivity contribution in [3.05, 3.63) is 24.3 Å². The topological polar surface area (TPSA) is 58.6 Å². The number of ether oxygens (including phenoxy) is 1. The smallest absolute Gasteiger partial charge is 0.328 e. The Hall–Kier alpha value is -2.04. The molecule has 1 fully saturated rings. The molecule has 1 aliphatic rings. The third-order valence-corrected chi connectivity index (χ3v) is 2.76. The number of carbonyl (C=O) groups excluding carboxylic acids is 2. The van der Waals surface area contributed by atoms with Crippen molar-refractivity contribution in [1.82, 2.24) is 5.32 Å². The molecule has 1 aromatic rings. The Bertz CT molecular complexity index is 459. The van der Waals surface area contributed by atoms with E-state index in [1.165, 1.54) is 4.90 Å². The minimum atomic E-state index is -0.405. The molecule has 5 nitrogen and oxygen atoms in total. The molecular weight excluding hydrogens is 220 g/mol. The van der Waals surface area contributed by atoms with E-state index in [0.29, 0.717) is 18.0 Å². The van der Waals surface area contributed by atoms with E-state index in [1.807, 2.05) is 12.1 Å². The second-order valence-electron chi connectivity index (χ2n) is 3.98. The summed E-state index contributed by atoms with van der Waals surface area (Å²) < 4.78 is 5.20. The van der Waals surface area contributed by atoms with Gasteiger partial charge in [-0.3, -0.25) is 15.0 Å². The maximum atomic E-state index is 11.8. The number of anilines is 1. The molecule has 5 heteroatoms. The molecule has 1 aromatic carbocycles. The standard InChI is InChI=1S/C12H14N2O3/c1-8-7-14(12(16)13-11(8)15)9-5-3-4-6-10(9)17-2/h3-6,8H,7H2,1-2H3,(H,13,15,16)/t8-/m1/s1. The van der Waals surface area contributed by atoms with Crippen LogP contribution >= 0.6 is 0 Å². The number of nitrogens with zero attached hydrogens (tertiary/aromatic N) is 1. The molecule has 3 amide bonds. The number of hydrogen-bond acceptors (Lipinski definition) is 3. The molecule has 0 saturated carbocycles. The summed E-state index contributed by atoms with van der Waals surface area (Å²) in [5.41, 5.74) is 0.673. The number of methoxy groups -OCH3 is 1. The van der Waals surface area contributed by atoms with E-state index >= 15 is 0 Å². The lowest BCUT2D eigenvalue weighted by atomic mass is 10.1.